The lowest BCUT2D eigenvalue weighted by atomic mass is 9.99. The third kappa shape index (κ3) is 5.43. The van der Waals surface area contributed by atoms with Crippen LogP contribution in [0.25, 0.3) is 0 Å². The number of hydrogen-bond donors (Lipinski definition) is 2. The number of aliphatic hydroxyl groups excluding tert-OH is 1. The molecule has 0 saturated carbocycles. The molecule has 9 heteroatoms. The van der Waals surface area contributed by atoms with E-state index >= 15 is 0 Å². The molecule has 0 unspecified atom stereocenters. The number of rotatable bonds is 6. The maximum Gasteiger partial charge on any atom is 0.235 e. The third-order valence-corrected chi connectivity index (χ3v) is 5.70. The standard InChI is InChI=1S/C14H24N2O6S/c17-5-8-23(20,21)10-13(18)15-12-1-4-16(9-12)14(19)11-2-6-22-7-3-11/h11-12,17H,1-10H2,(H,15,18)/t12-/m1/s1. The van der Waals surface area contributed by atoms with Gasteiger partial charge in [-0.2, -0.15) is 0 Å². The van der Waals surface area contributed by atoms with E-state index < -0.39 is 33.9 Å². The van der Waals surface area contributed by atoms with Crippen LogP contribution in [0, 0.1) is 5.92 Å². The molecule has 2 heterocycles. The summed E-state index contributed by atoms with van der Waals surface area (Å²) in [5.41, 5.74) is 0. The van der Waals surface area contributed by atoms with Gasteiger partial charge in [0.15, 0.2) is 9.84 Å². The highest BCUT2D eigenvalue weighted by molar-refractivity contribution is 7.92. The van der Waals surface area contributed by atoms with Crippen molar-refractivity contribution in [3.8, 4) is 0 Å². The highest BCUT2D eigenvalue weighted by Crippen LogP contribution is 2.20. The molecule has 0 aromatic carbocycles. The molecular formula is C14H24N2O6S. The van der Waals surface area contributed by atoms with Gasteiger partial charge >= 0.3 is 0 Å². The van der Waals surface area contributed by atoms with Crippen LogP contribution < -0.4 is 5.32 Å². The van der Waals surface area contributed by atoms with Crippen LogP contribution in [0.1, 0.15) is 19.3 Å². The van der Waals surface area contributed by atoms with Gasteiger partial charge in [-0.25, -0.2) is 8.42 Å². The van der Waals surface area contributed by atoms with Crippen LogP contribution in [-0.2, 0) is 24.2 Å². The number of nitrogens with one attached hydrogen (secondary N) is 1. The SMILES string of the molecule is O=C(CS(=O)(=O)CCO)N[C@@H]1CCN(C(=O)C2CCOCC2)C1. The number of amides is 2. The Morgan fingerprint density at radius 2 is 1.91 bits per heavy atom. The molecule has 8 nitrogen and oxygen atoms in total. The number of hydrogen-bond acceptors (Lipinski definition) is 6. The third-order valence-electron chi connectivity index (χ3n) is 4.19. The van der Waals surface area contributed by atoms with E-state index in [9.17, 15) is 18.0 Å². The van der Waals surface area contributed by atoms with Crippen molar-refractivity contribution in [2.24, 2.45) is 5.92 Å². The minimum Gasteiger partial charge on any atom is -0.395 e. The lowest BCUT2D eigenvalue weighted by Gasteiger charge is -2.26. The van der Waals surface area contributed by atoms with Gasteiger partial charge in [0.1, 0.15) is 5.75 Å². The van der Waals surface area contributed by atoms with E-state index in [0.29, 0.717) is 32.7 Å². The molecule has 2 fully saturated rings. The molecule has 2 aliphatic rings. The van der Waals surface area contributed by atoms with E-state index in [1.807, 2.05) is 0 Å². The Morgan fingerprint density at radius 3 is 2.57 bits per heavy atom. The zero-order valence-electron chi connectivity index (χ0n) is 13.1. The fourth-order valence-corrected chi connectivity index (χ4v) is 3.87. The number of sulfone groups is 1. The summed E-state index contributed by atoms with van der Waals surface area (Å²) >= 11 is 0. The second-order valence-corrected chi connectivity index (χ2v) is 8.22. The molecule has 23 heavy (non-hydrogen) atoms. The Bertz CT molecular complexity index is 529. The molecule has 0 spiro atoms. The molecule has 2 saturated heterocycles. The fourth-order valence-electron chi connectivity index (χ4n) is 2.96. The molecule has 1 atom stereocenters. The van der Waals surface area contributed by atoms with Crippen molar-refractivity contribution in [1.29, 1.82) is 0 Å². The molecule has 0 aromatic heterocycles. The molecule has 0 aromatic rings. The van der Waals surface area contributed by atoms with E-state index in [2.05, 4.69) is 5.32 Å². The highest BCUT2D eigenvalue weighted by atomic mass is 32.2. The quantitative estimate of drug-likeness (QED) is 0.606. The first kappa shape index (κ1) is 18.2. The topological polar surface area (TPSA) is 113 Å². The van der Waals surface area contributed by atoms with Gasteiger partial charge < -0.3 is 20.1 Å². The van der Waals surface area contributed by atoms with Crippen LogP contribution in [0.3, 0.4) is 0 Å². The van der Waals surface area contributed by atoms with Crippen LogP contribution in [0.2, 0.25) is 0 Å². The Morgan fingerprint density at radius 1 is 1.22 bits per heavy atom. The molecule has 2 rings (SSSR count). The van der Waals surface area contributed by atoms with Gasteiger partial charge in [-0.1, -0.05) is 0 Å². The minimum absolute atomic E-state index is 0.0110. The Kier molecular flexibility index (Phi) is 6.37. The van der Waals surface area contributed by atoms with Crippen LogP contribution >= 0.6 is 0 Å². The summed E-state index contributed by atoms with van der Waals surface area (Å²) in [4.78, 5) is 25.9. The predicted octanol–water partition coefficient (Wildman–Crippen LogP) is -1.46. The number of ether oxygens (including phenoxy) is 1. The van der Waals surface area contributed by atoms with Gasteiger partial charge in [0.25, 0.3) is 0 Å². The van der Waals surface area contributed by atoms with Crippen LogP contribution in [0.15, 0.2) is 0 Å². The largest absolute Gasteiger partial charge is 0.395 e. The van der Waals surface area contributed by atoms with Crippen LogP contribution in [0.4, 0.5) is 0 Å². The summed E-state index contributed by atoms with van der Waals surface area (Å²) in [5.74, 6) is -1.54. The molecular weight excluding hydrogens is 324 g/mol. The maximum absolute atomic E-state index is 12.4. The van der Waals surface area contributed by atoms with Gasteiger partial charge in [-0.3, -0.25) is 9.59 Å². The summed E-state index contributed by atoms with van der Waals surface area (Å²) in [6.45, 7) is 1.71. The second kappa shape index (κ2) is 8.07. The van der Waals surface area contributed by atoms with Crippen molar-refractivity contribution >= 4 is 21.7 Å². The monoisotopic (exact) mass is 348 g/mol. The number of carbonyl (C=O) groups excluding carboxylic acids is 2. The number of nitrogens with zero attached hydrogens (tertiary/aromatic N) is 1. The number of aliphatic hydroxyl groups is 1. The van der Waals surface area contributed by atoms with Gasteiger partial charge in [0.2, 0.25) is 11.8 Å². The van der Waals surface area contributed by atoms with Gasteiger partial charge in [-0.15, -0.1) is 0 Å². The summed E-state index contributed by atoms with van der Waals surface area (Å²) in [6.07, 6.45) is 2.08. The Hall–Kier alpha value is -1.19. The van der Waals surface area contributed by atoms with E-state index in [4.69, 9.17) is 9.84 Å². The Balaban J connectivity index is 1.78. The fraction of sp³-hybridized carbons (Fsp3) is 0.857. The second-order valence-electron chi connectivity index (χ2n) is 6.04. The molecule has 0 aliphatic carbocycles. The summed E-state index contributed by atoms with van der Waals surface area (Å²) in [6, 6.07) is -0.212. The summed E-state index contributed by atoms with van der Waals surface area (Å²) < 4.78 is 28.2. The van der Waals surface area contributed by atoms with Gasteiger partial charge in [0.05, 0.1) is 12.4 Å². The summed E-state index contributed by atoms with van der Waals surface area (Å²) in [5, 5.41) is 11.3. The smallest absolute Gasteiger partial charge is 0.235 e. The van der Waals surface area contributed by atoms with Crippen LogP contribution in [0.5, 0.6) is 0 Å². The normalized spacial score (nSPS) is 23.0. The first-order chi connectivity index (χ1) is 10.9. The van der Waals surface area contributed by atoms with Gasteiger partial charge in [-0.05, 0) is 19.3 Å². The first-order valence-corrected chi connectivity index (χ1v) is 9.70. The molecule has 0 bridgehead atoms. The molecule has 2 N–H and O–H groups in total. The van der Waals surface area contributed by atoms with Crippen molar-refractivity contribution in [2.75, 3.05) is 44.4 Å². The van der Waals surface area contributed by atoms with E-state index in [-0.39, 0.29) is 17.9 Å². The molecule has 2 aliphatic heterocycles. The molecule has 2 amide bonds. The minimum atomic E-state index is -3.58. The highest BCUT2D eigenvalue weighted by Gasteiger charge is 2.32. The van der Waals surface area contributed by atoms with Crippen molar-refractivity contribution in [3.63, 3.8) is 0 Å². The average molecular weight is 348 g/mol. The van der Waals surface area contributed by atoms with E-state index in [1.54, 1.807) is 4.90 Å². The number of likely N-dealkylation sites (tertiary alicyclic amines) is 1. The van der Waals surface area contributed by atoms with Crippen molar-refractivity contribution in [3.05, 3.63) is 0 Å². The van der Waals surface area contributed by atoms with E-state index in [0.717, 1.165) is 12.8 Å². The van der Waals surface area contributed by atoms with Crippen molar-refractivity contribution in [2.45, 2.75) is 25.3 Å². The molecule has 132 valence electrons. The average Bonchev–Trinajstić information content (AvgIpc) is 2.94. The lowest BCUT2D eigenvalue weighted by Crippen LogP contribution is -2.43. The van der Waals surface area contributed by atoms with E-state index in [1.165, 1.54) is 0 Å². The summed E-state index contributed by atoms with van der Waals surface area (Å²) in [7, 11) is -3.58. The zero-order valence-corrected chi connectivity index (χ0v) is 13.9. The number of carbonyl (C=O) groups is 2. The van der Waals surface area contributed by atoms with Crippen LogP contribution in [-0.4, -0.2) is 80.7 Å². The maximum atomic E-state index is 12.4. The Labute approximate surface area is 136 Å². The van der Waals surface area contributed by atoms with Crippen molar-refractivity contribution < 1.29 is 27.9 Å². The van der Waals surface area contributed by atoms with Gasteiger partial charge in [0, 0.05) is 38.3 Å². The lowest BCUT2D eigenvalue weighted by molar-refractivity contribution is -0.137. The molecule has 0 radical (unpaired) electrons. The zero-order chi connectivity index (χ0) is 16.9. The van der Waals surface area contributed by atoms with Crippen molar-refractivity contribution in [1.82, 2.24) is 10.2 Å². The predicted molar refractivity (Wildman–Crippen MR) is 82.4 cm³/mol. The first-order valence-electron chi connectivity index (χ1n) is 7.88.